The van der Waals surface area contributed by atoms with Gasteiger partial charge in [0.15, 0.2) is 0 Å². The van der Waals surface area contributed by atoms with Crippen molar-refractivity contribution in [2.75, 3.05) is 0 Å². The van der Waals surface area contributed by atoms with Crippen LogP contribution in [0.2, 0.25) is 0 Å². The van der Waals surface area contributed by atoms with Crippen LogP contribution in [0, 0.1) is 0 Å². The van der Waals surface area contributed by atoms with E-state index in [9.17, 15) is 8.76 Å². The predicted molar refractivity (Wildman–Crippen MR) is 97.6 cm³/mol. The molecule has 3 nitrogen and oxygen atoms in total. The van der Waals surface area contributed by atoms with Crippen LogP contribution in [0.5, 0.6) is 0 Å². The van der Waals surface area contributed by atoms with Gasteiger partial charge in [-0.3, -0.25) is 8.74 Å². The Bertz CT molecular complexity index is 469. The number of rotatable bonds is 12. The van der Waals surface area contributed by atoms with E-state index in [1.165, 1.54) is 37.7 Å². The molecule has 0 aromatic heterocycles. The lowest BCUT2D eigenvalue weighted by Crippen LogP contribution is -2.30. The van der Waals surface area contributed by atoms with Crippen LogP contribution in [0.1, 0.15) is 83.3 Å². The smallest absolute Gasteiger partial charge is 0.284 e. The van der Waals surface area contributed by atoms with Crippen molar-refractivity contribution in [3.63, 3.8) is 0 Å². The fourth-order valence-electron chi connectivity index (χ4n) is 3.21. The highest BCUT2D eigenvalue weighted by molar-refractivity contribution is 7.74. The first-order valence-corrected chi connectivity index (χ1v) is 10.0. The molecule has 0 radical (unpaired) electrons. The Morgan fingerprint density at radius 3 is 2.22 bits per heavy atom. The first kappa shape index (κ1) is 20.3. The van der Waals surface area contributed by atoms with Crippen LogP contribution < -0.4 is 0 Å². The van der Waals surface area contributed by atoms with Gasteiger partial charge in [0.25, 0.3) is 0 Å². The Morgan fingerprint density at radius 2 is 1.61 bits per heavy atom. The van der Waals surface area contributed by atoms with E-state index in [0.717, 1.165) is 18.4 Å². The Kier molecular flexibility index (Phi) is 9.68. The summed E-state index contributed by atoms with van der Waals surface area (Å²) in [5.41, 5.74) is 1.65. The van der Waals surface area contributed by atoms with Gasteiger partial charge in [-0.15, -0.1) is 0 Å². The molecule has 0 aliphatic carbocycles. The topological polar surface area (TPSA) is 46.5 Å². The van der Waals surface area contributed by atoms with Crippen LogP contribution in [0.25, 0.3) is 0 Å². The zero-order chi connectivity index (χ0) is 17.1. The van der Waals surface area contributed by atoms with Gasteiger partial charge in [0.1, 0.15) is 5.60 Å². The largest absolute Gasteiger partial charge is 0.302 e. The van der Waals surface area contributed by atoms with Crippen LogP contribution in [-0.2, 0) is 27.6 Å². The SMILES string of the molecule is CCCCCCCCc1ccccc1C(CC)(CC)OS(=O)O. The first-order chi connectivity index (χ1) is 11.1. The van der Waals surface area contributed by atoms with E-state index >= 15 is 0 Å². The second-order valence-corrected chi connectivity index (χ2v) is 6.78. The van der Waals surface area contributed by atoms with E-state index in [1.54, 1.807) is 0 Å². The number of hydrogen-bond acceptors (Lipinski definition) is 2. The molecule has 0 spiro atoms. The summed E-state index contributed by atoms with van der Waals surface area (Å²) in [6.07, 6.45) is 9.98. The molecule has 0 saturated heterocycles. The third-order valence-electron chi connectivity index (χ3n) is 4.68. The van der Waals surface area contributed by atoms with E-state index < -0.39 is 17.0 Å². The van der Waals surface area contributed by atoms with Crippen molar-refractivity contribution < 1.29 is 12.9 Å². The number of benzene rings is 1. The number of unbranched alkanes of at least 4 members (excludes halogenated alkanes) is 5. The maximum absolute atomic E-state index is 11.3. The maximum atomic E-state index is 11.3. The summed E-state index contributed by atoms with van der Waals surface area (Å²) in [5.74, 6) is 0. The van der Waals surface area contributed by atoms with Gasteiger partial charge in [0.2, 0.25) is 0 Å². The Balaban J connectivity index is 2.80. The molecule has 1 N–H and O–H groups in total. The summed E-state index contributed by atoms with van der Waals surface area (Å²) in [6.45, 7) is 6.26. The highest BCUT2D eigenvalue weighted by Gasteiger charge is 2.33. The highest BCUT2D eigenvalue weighted by Crippen LogP contribution is 2.36. The van der Waals surface area contributed by atoms with Crippen LogP contribution in [0.15, 0.2) is 24.3 Å². The Hall–Kier alpha value is -0.710. The summed E-state index contributed by atoms with van der Waals surface area (Å²) < 4.78 is 26.0. The minimum absolute atomic E-state index is 0.668. The van der Waals surface area contributed by atoms with Gasteiger partial charge >= 0.3 is 11.4 Å². The summed E-state index contributed by atoms with van der Waals surface area (Å²) in [4.78, 5) is 0. The quantitative estimate of drug-likeness (QED) is 0.389. The summed E-state index contributed by atoms with van der Waals surface area (Å²) in [5, 5.41) is 0. The third-order valence-corrected chi connectivity index (χ3v) is 5.14. The molecular formula is C19H32O3S. The van der Waals surface area contributed by atoms with Crippen molar-refractivity contribution in [3.05, 3.63) is 35.4 Å². The number of aryl methyl sites for hydroxylation is 1. The molecule has 0 saturated carbocycles. The maximum Gasteiger partial charge on any atom is 0.302 e. The average Bonchev–Trinajstić information content (AvgIpc) is 2.56. The molecule has 0 heterocycles. The molecule has 0 amide bonds. The average molecular weight is 341 g/mol. The lowest BCUT2D eigenvalue weighted by molar-refractivity contribution is 0.0619. The molecule has 1 unspecified atom stereocenters. The molecule has 1 aromatic carbocycles. The zero-order valence-electron chi connectivity index (χ0n) is 14.8. The monoisotopic (exact) mass is 340 g/mol. The molecule has 0 aliphatic heterocycles. The number of hydrogen-bond donors (Lipinski definition) is 1. The molecule has 132 valence electrons. The fourth-order valence-corrected chi connectivity index (χ4v) is 3.81. The summed E-state index contributed by atoms with van der Waals surface area (Å²) in [7, 11) is 0. The molecule has 0 aliphatic rings. The second kappa shape index (κ2) is 11.0. The summed E-state index contributed by atoms with van der Waals surface area (Å²) in [6, 6.07) is 8.21. The minimum Gasteiger partial charge on any atom is -0.284 e. The molecule has 1 rings (SSSR count). The molecule has 0 bridgehead atoms. The molecule has 1 atom stereocenters. The Labute approximate surface area is 144 Å². The van der Waals surface area contributed by atoms with Crippen molar-refractivity contribution in [1.82, 2.24) is 0 Å². The van der Waals surface area contributed by atoms with Crippen molar-refractivity contribution in [1.29, 1.82) is 0 Å². The van der Waals surface area contributed by atoms with E-state index in [-0.39, 0.29) is 0 Å². The van der Waals surface area contributed by atoms with Gasteiger partial charge in [-0.25, -0.2) is 0 Å². The minimum atomic E-state index is -2.25. The zero-order valence-corrected chi connectivity index (χ0v) is 15.7. The summed E-state index contributed by atoms with van der Waals surface area (Å²) >= 11 is -2.25. The Morgan fingerprint density at radius 1 is 1.00 bits per heavy atom. The normalized spacial score (nSPS) is 13.2. The highest BCUT2D eigenvalue weighted by atomic mass is 32.2. The first-order valence-electron chi connectivity index (χ1n) is 8.98. The molecule has 4 heteroatoms. The van der Waals surface area contributed by atoms with Crippen LogP contribution in [-0.4, -0.2) is 8.76 Å². The fraction of sp³-hybridized carbons (Fsp3) is 0.684. The third kappa shape index (κ3) is 6.36. The van der Waals surface area contributed by atoms with Crippen LogP contribution >= 0.6 is 0 Å². The molecule has 1 aromatic rings. The van der Waals surface area contributed by atoms with Crippen molar-refractivity contribution in [2.24, 2.45) is 0 Å². The standard InChI is InChI=1S/C19H32O3S/c1-4-7-8-9-10-11-14-17-15-12-13-16-18(17)19(5-2,6-3)22-23(20)21/h12-13,15-16H,4-11,14H2,1-3H3,(H,20,21). The van der Waals surface area contributed by atoms with Gasteiger partial charge in [-0.2, -0.15) is 4.21 Å². The van der Waals surface area contributed by atoms with Gasteiger partial charge < -0.3 is 0 Å². The van der Waals surface area contributed by atoms with Crippen LogP contribution in [0.4, 0.5) is 0 Å². The lowest BCUT2D eigenvalue weighted by atomic mass is 9.84. The van der Waals surface area contributed by atoms with E-state index in [0.29, 0.717) is 12.8 Å². The van der Waals surface area contributed by atoms with Gasteiger partial charge in [-0.1, -0.05) is 77.1 Å². The van der Waals surface area contributed by atoms with Crippen LogP contribution in [0.3, 0.4) is 0 Å². The van der Waals surface area contributed by atoms with Crippen molar-refractivity contribution in [2.45, 2.75) is 84.2 Å². The second-order valence-electron chi connectivity index (χ2n) is 6.18. The van der Waals surface area contributed by atoms with E-state index in [2.05, 4.69) is 13.0 Å². The van der Waals surface area contributed by atoms with Crippen molar-refractivity contribution in [3.8, 4) is 0 Å². The molecule has 23 heavy (non-hydrogen) atoms. The molecule has 0 fully saturated rings. The van der Waals surface area contributed by atoms with E-state index in [1.807, 2.05) is 32.0 Å². The van der Waals surface area contributed by atoms with Gasteiger partial charge in [0.05, 0.1) is 0 Å². The van der Waals surface area contributed by atoms with E-state index in [4.69, 9.17) is 4.18 Å². The van der Waals surface area contributed by atoms with Crippen molar-refractivity contribution >= 4 is 11.4 Å². The lowest BCUT2D eigenvalue weighted by Gasteiger charge is -2.32. The van der Waals surface area contributed by atoms with Gasteiger partial charge in [-0.05, 0) is 36.8 Å². The molecular weight excluding hydrogens is 308 g/mol. The predicted octanol–water partition coefficient (Wildman–Crippen LogP) is 5.76. The van der Waals surface area contributed by atoms with Gasteiger partial charge in [0, 0.05) is 0 Å².